The van der Waals surface area contributed by atoms with E-state index in [4.69, 9.17) is 11.6 Å². The summed E-state index contributed by atoms with van der Waals surface area (Å²) in [7, 11) is 0. The number of carbonyl (C=O) groups excluding carboxylic acids is 2. The molecule has 29 heavy (non-hydrogen) atoms. The third-order valence-corrected chi connectivity index (χ3v) is 4.97. The third-order valence-electron chi connectivity index (χ3n) is 4.65. The molecule has 0 saturated heterocycles. The van der Waals surface area contributed by atoms with Crippen molar-refractivity contribution in [1.82, 2.24) is 25.5 Å². The van der Waals surface area contributed by atoms with Crippen LogP contribution in [0.15, 0.2) is 54.9 Å². The van der Waals surface area contributed by atoms with Crippen LogP contribution in [0.2, 0.25) is 5.02 Å². The maximum absolute atomic E-state index is 12.9. The highest BCUT2D eigenvalue weighted by atomic mass is 35.5. The molecule has 1 heterocycles. The van der Waals surface area contributed by atoms with Gasteiger partial charge in [0.25, 0.3) is 5.91 Å². The van der Waals surface area contributed by atoms with E-state index >= 15 is 0 Å². The molecule has 0 radical (unpaired) electrons. The average Bonchev–Trinajstić information content (AvgIpc) is 3.36. The number of hydrogen-bond donors (Lipinski definition) is 2. The second-order valence-corrected chi connectivity index (χ2v) is 7.33. The Morgan fingerprint density at radius 1 is 1.17 bits per heavy atom. The van der Waals surface area contributed by atoms with Crippen LogP contribution in [0.1, 0.15) is 34.8 Å². The average molecular weight is 411 g/mol. The Labute approximate surface area is 172 Å². The number of halogens is 1. The highest BCUT2D eigenvalue weighted by molar-refractivity contribution is 6.34. The lowest BCUT2D eigenvalue weighted by molar-refractivity contribution is -0.119. The summed E-state index contributed by atoms with van der Waals surface area (Å²) in [6.07, 6.45) is 3.83. The predicted molar refractivity (Wildman–Crippen MR) is 108 cm³/mol. The van der Waals surface area contributed by atoms with E-state index in [1.807, 2.05) is 30.3 Å². The minimum atomic E-state index is -0.635. The molecule has 1 atom stereocenters. The molecule has 1 aromatic heterocycles. The second-order valence-electron chi connectivity index (χ2n) is 6.93. The van der Waals surface area contributed by atoms with E-state index in [1.54, 1.807) is 18.2 Å². The zero-order valence-corrected chi connectivity index (χ0v) is 16.2. The van der Waals surface area contributed by atoms with Crippen molar-refractivity contribution < 1.29 is 9.59 Å². The first kappa shape index (κ1) is 19.1. The van der Waals surface area contributed by atoms with Crippen molar-refractivity contribution in [3.05, 3.63) is 71.0 Å². The molecule has 1 unspecified atom stereocenters. The van der Waals surface area contributed by atoms with E-state index in [0.29, 0.717) is 17.7 Å². The summed E-state index contributed by atoms with van der Waals surface area (Å²) in [4.78, 5) is 25.2. The van der Waals surface area contributed by atoms with E-state index in [2.05, 4.69) is 26.2 Å². The van der Waals surface area contributed by atoms with Crippen LogP contribution >= 0.6 is 11.6 Å². The van der Waals surface area contributed by atoms with Gasteiger partial charge in [-0.3, -0.25) is 9.59 Å². The number of tetrazole rings is 1. The second kappa shape index (κ2) is 8.40. The largest absolute Gasteiger partial charge is 0.349 e. The van der Waals surface area contributed by atoms with Gasteiger partial charge in [-0.1, -0.05) is 41.9 Å². The van der Waals surface area contributed by atoms with Gasteiger partial charge in [0.1, 0.15) is 12.4 Å². The van der Waals surface area contributed by atoms with Crippen LogP contribution in [-0.4, -0.2) is 38.1 Å². The van der Waals surface area contributed by atoms with Gasteiger partial charge in [-0.05, 0) is 47.0 Å². The third kappa shape index (κ3) is 4.78. The topological polar surface area (TPSA) is 102 Å². The Kier molecular flexibility index (Phi) is 5.53. The zero-order chi connectivity index (χ0) is 20.2. The van der Waals surface area contributed by atoms with E-state index < -0.39 is 6.04 Å². The van der Waals surface area contributed by atoms with Crippen molar-refractivity contribution in [3.63, 3.8) is 0 Å². The van der Waals surface area contributed by atoms with Gasteiger partial charge in [0.05, 0.1) is 10.6 Å². The molecule has 8 nitrogen and oxygen atoms in total. The molecule has 4 rings (SSSR count). The number of rotatable bonds is 7. The van der Waals surface area contributed by atoms with Crippen LogP contribution in [0.5, 0.6) is 0 Å². The summed E-state index contributed by atoms with van der Waals surface area (Å²) in [6.45, 7) is 0. The minimum absolute atomic E-state index is 0.203. The molecule has 1 aliphatic carbocycles. The summed E-state index contributed by atoms with van der Waals surface area (Å²) in [5.74, 6) is -0.488. The molecule has 2 aromatic carbocycles. The van der Waals surface area contributed by atoms with Gasteiger partial charge in [0, 0.05) is 18.2 Å². The lowest BCUT2D eigenvalue weighted by atomic mass is 10.1. The lowest BCUT2D eigenvalue weighted by Crippen LogP contribution is -2.28. The van der Waals surface area contributed by atoms with Gasteiger partial charge in [0.2, 0.25) is 5.91 Å². The molecule has 1 fully saturated rings. The molecule has 2 N–H and O–H groups in total. The first-order chi connectivity index (χ1) is 14.1. The molecule has 1 aliphatic rings. The van der Waals surface area contributed by atoms with Gasteiger partial charge >= 0.3 is 0 Å². The van der Waals surface area contributed by atoms with Gasteiger partial charge in [0.15, 0.2) is 0 Å². The Morgan fingerprint density at radius 3 is 2.62 bits per heavy atom. The van der Waals surface area contributed by atoms with E-state index in [1.165, 1.54) is 11.0 Å². The number of benzene rings is 2. The lowest BCUT2D eigenvalue weighted by Gasteiger charge is -2.17. The maximum atomic E-state index is 12.9. The number of aromatic nitrogens is 4. The van der Waals surface area contributed by atoms with Crippen LogP contribution < -0.4 is 10.6 Å². The fourth-order valence-corrected chi connectivity index (χ4v) is 3.21. The molecule has 0 aliphatic heterocycles. The van der Waals surface area contributed by atoms with Crippen molar-refractivity contribution in [3.8, 4) is 0 Å². The molecule has 9 heteroatoms. The molecule has 148 valence electrons. The minimum Gasteiger partial charge on any atom is -0.349 e. The monoisotopic (exact) mass is 410 g/mol. The van der Waals surface area contributed by atoms with Crippen LogP contribution in [-0.2, 0) is 11.2 Å². The summed E-state index contributed by atoms with van der Waals surface area (Å²) < 4.78 is 1.42. The number of amides is 2. The van der Waals surface area contributed by atoms with Gasteiger partial charge in [-0.15, -0.1) is 5.10 Å². The number of anilines is 1. The molecule has 0 bridgehead atoms. The van der Waals surface area contributed by atoms with Crippen molar-refractivity contribution in [2.24, 2.45) is 0 Å². The smallest absolute Gasteiger partial charge is 0.253 e. The number of hydrogen-bond acceptors (Lipinski definition) is 5. The van der Waals surface area contributed by atoms with Crippen molar-refractivity contribution in [1.29, 1.82) is 0 Å². The first-order valence-electron chi connectivity index (χ1n) is 9.28. The first-order valence-corrected chi connectivity index (χ1v) is 9.65. The quantitative estimate of drug-likeness (QED) is 0.623. The highest BCUT2D eigenvalue weighted by Crippen LogP contribution is 2.25. The van der Waals surface area contributed by atoms with E-state index in [9.17, 15) is 9.59 Å². The van der Waals surface area contributed by atoms with Crippen molar-refractivity contribution >= 4 is 29.1 Å². The fraction of sp³-hybridized carbons (Fsp3) is 0.250. The number of nitrogens with one attached hydrogen (secondary N) is 2. The summed E-state index contributed by atoms with van der Waals surface area (Å²) in [5, 5.41) is 17.2. The Morgan fingerprint density at radius 2 is 1.97 bits per heavy atom. The SMILES string of the molecule is O=C(NC1CC1)c1ccc(NC(=O)C(Cc2ccccc2)n2cnnn2)cc1Cl. The molecule has 3 aromatic rings. The van der Waals surface area contributed by atoms with Crippen LogP contribution in [0, 0.1) is 0 Å². The molecule has 1 saturated carbocycles. The van der Waals surface area contributed by atoms with E-state index in [0.717, 1.165) is 18.4 Å². The molecular formula is C20H19ClN6O2. The standard InChI is InChI=1S/C20H19ClN6O2/c21-17-11-15(8-9-16(17)19(28)23-14-6-7-14)24-20(29)18(27-12-22-25-26-27)10-13-4-2-1-3-5-13/h1-5,8-9,11-12,14,18H,6-7,10H2,(H,23,28)(H,24,29). The highest BCUT2D eigenvalue weighted by Gasteiger charge is 2.25. The predicted octanol–water partition coefficient (Wildman–Crippen LogP) is 2.64. The van der Waals surface area contributed by atoms with Gasteiger partial charge in [-0.2, -0.15) is 0 Å². The Bertz CT molecular complexity index is 1010. The van der Waals surface area contributed by atoms with Crippen molar-refractivity contribution in [2.45, 2.75) is 31.3 Å². The Hall–Kier alpha value is -3.26. The maximum Gasteiger partial charge on any atom is 0.253 e. The Balaban J connectivity index is 1.49. The fourth-order valence-electron chi connectivity index (χ4n) is 2.95. The van der Waals surface area contributed by atoms with Crippen LogP contribution in [0.25, 0.3) is 0 Å². The molecule has 0 spiro atoms. The molecular weight excluding hydrogens is 392 g/mol. The summed E-state index contributed by atoms with van der Waals surface area (Å²) in [6, 6.07) is 14.1. The summed E-state index contributed by atoms with van der Waals surface area (Å²) in [5.41, 5.74) is 1.86. The summed E-state index contributed by atoms with van der Waals surface area (Å²) >= 11 is 6.27. The van der Waals surface area contributed by atoms with Gasteiger partial charge < -0.3 is 10.6 Å². The number of nitrogens with zero attached hydrogens (tertiary/aromatic N) is 4. The van der Waals surface area contributed by atoms with Crippen LogP contribution in [0.4, 0.5) is 5.69 Å². The van der Waals surface area contributed by atoms with E-state index in [-0.39, 0.29) is 22.9 Å². The molecule has 2 amide bonds. The van der Waals surface area contributed by atoms with Gasteiger partial charge in [-0.25, -0.2) is 4.68 Å². The zero-order valence-electron chi connectivity index (χ0n) is 15.5. The van der Waals surface area contributed by atoms with Crippen molar-refractivity contribution in [2.75, 3.05) is 5.32 Å². The number of carbonyl (C=O) groups is 2. The van der Waals surface area contributed by atoms with Crippen LogP contribution in [0.3, 0.4) is 0 Å². The normalized spacial score (nSPS) is 14.2.